The van der Waals surface area contributed by atoms with Gasteiger partial charge in [0.1, 0.15) is 23.8 Å². The summed E-state index contributed by atoms with van der Waals surface area (Å²) in [7, 11) is 3.38. The standard InChI is InChI=1S/C13H17N3O3/c1-9(17)12-5-4-11(18-3)6-13(12)19-8-10-7-16(2)15-14-10/h4-7,9,17H,8H2,1-3H3/t9-/m0/s1. The number of hydrogen-bond donors (Lipinski definition) is 1. The summed E-state index contributed by atoms with van der Waals surface area (Å²) >= 11 is 0. The van der Waals surface area contributed by atoms with Gasteiger partial charge in [-0.05, 0) is 19.1 Å². The molecule has 1 atom stereocenters. The lowest BCUT2D eigenvalue weighted by atomic mass is 10.1. The van der Waals surface area contributed by atoms with Crippen molar-refractivity contribution in [3.63, 3.8) is 0 Å². The van der Waals surface area contributed by atoms with E-state index < -0.39 is 6.10 Å². The van der Waals surface area contributed by atoms with Gasteiger partial charge in [-0.15, -0.1) is 5.10 Å². The minimum atomic E-state index is -0.609. The number of hydrogen-bond acceptors (Lipinski definition) is 5. The summed E-state index contributed by atoms with van der Waals surface area (Å²) in [6, 6.07) is 5.32. The fourth-order valence-electron chi connectivity index (χ4n) is 1.72. The van der Waals surface area contributed by atoms with Crippen molar-refractivity contribution in [3.05, 3.63) is 35.7 Å². The Kier molecular flexibility index (Phi) is 4.01. The molecule has 102 valence electrons. The molecule has 0 bridgehead atoms. The van der Waals surface area contributed by atoms with Crippen LogP contribution in [0.15, 0.2) is 24.4 Å². The molecule has 0 unspecified atom stereocenters. The number of methoxy groups -OCH3 is 1. The van der Waals surface area contributed by atoms with E-state index in [1.54, 1.807) is 50.2 Å². The Morgan fingerprint density at radius 3 is 2.79 bits per heavy atom. The van der Waals surface area contributed by atoms with Gasteiger partial charge in [0.05, 0.1) is 19.4 Å². The zero-order valence-electron chi connectivity index (χ0n) is 11.2. The molecule has 0 fully saturated rings. The number of aliphatic hydroxyl groups excluding tert-OH is 1. The van der Waals surface area contributed by atoms with E-state index >= 15 is 0 Å². The molecule has 0 spiro atoms. The Morgan fingerprint density at radius 1 is 1.42 bits per heavy atom. The van der Waals surface area contributed by atoms with Crippen molar-refractivity contribution in [1.82, 2.24) is 15.0 Å². The van der Waals surface area contributed by atoms with Crippen LogP contribution < -0.4 is 9.47 Å². The highest BCUT2D eigenvalue weighted by atomic mass is 16.5. The van der Waals surface area contributed by atoms with Crippen molar-refractivity contribution in [3.8, 4) is 11.5 Å². The lowest BCUT2D eigenvalue weighted by Crippen LogP contribution is -2.02. The van der Waals surface area contributed by atoms with Gasteiger partial charge in [-0.3, -0.25) is 4.68 Å². The molecule has 0 saturated heterocycles. The molecule has 1 N–H and O–H groups in total. The summed E-state index contributed by atoms with van der Waals surface area (Å²) in [6.07, 6.45) is 1.17. The monoisotopic (exact) mass is 263 g/mol. The zero-order valence-corrected chi connectivity index (χ0v) is 11.2. The van der Waals surface area contributed by atoms with Gasteiger partial charge in [0.25, 0.3) is 0 Å². The molecular weight excluding hydrogens is 246 g/mol. The third-order valence-corrected chi connectivity index (χ3v) is 2.70. The van der Waals surface area contributed by atoms with Crippen LogP contribution in [0, 0.1) is 0 Å². The lowest BCUT2D eigenvalue weighted by molar-refractivity contribution is 0.189. The number of aryl methyl sites for hydroxylation is 1. The van der Waals surface area contributed by atoms with E-state index in [4.69, 9.17) is 9.47 Å². The number of nitrogens with zero attached hydrogens (tertiary/aromatic N) is 3. The van der Waals surface area contributed by atoms with Crippen LogP contribution in [0.5, 0.6) is 11.5 Å². The van der Waals surface area contributed by atoms with Crippen molar-refractivity contribution < 1.29 is 14.6 Å². The maximum absolute atomic E-state index is 9.72. The molecule has 19 heavy (non-hydrogen) atoms. The van der Waals surface area contributed by atoms with Crippen LogP contribution >= 0.6 is 0 Å². The first-order valence-electron chi connectivity index (χ1n) is 5.94. The average molecular weight is 263 g/mol. The van der Waals surface area contributed by atoms with E-state index in [0.29, 0.717) is 23.7 Å². The maximum Gasteiger partial charge on any atom is 0.134 e. The van der Waals surface area contributed by atoms with Gasteiger partial charge in [-0.25, -0.2) is 0 Å². The van der Waals surface area contributed by atoms with E-state index in [9.17, 15) is 5.11 Å². The zero-order chi connectivity index (χ0) is 13.8. The van der Waals surface area contributed by atoms with Crippen molar-refractivity contribution in [1.29, 1.82) is 0 Å². The molecule has 2 rings (SSSR count). The van der Waals surface area contributed by atoms with Crippen LogP contribution in [-0.2, 0) is 13.7 Å². The van der Waals surface area contributed by atoms with Crippen LogP contribution in [0.1, 0.15) is 24.3 Å². The van der Waals surface area contributed by atoms with Gasteiger partial charge >= 0.3 is 0 Å². The number of aliphatic hydroxyl groups is 1. The Bertz CT molecular complexity index is 552. The minimum absolute atomic E-state index is 0.292. The van der Waals surface area contributed by atoms with E-state index in [0.717, 1.165) is 5.69 Å². The second-order valence-electron chi connectivity index (χ2n) is 4.25. The van der Waals surface area contributed by atoms with Crippen LogP contribution in [-0.4, -0.2) is 27.2 Å². The molecule has 1 heterocycles. The fraction of sp³-hybridized carbons (Fsp3) is 0.385. The highest BCUT2D eigenvalue weighted by molar-refractivity contribution is 5.41. The molecule has 0 aliphatic carbocycles. The largest absolute Gasteiger partial charge is 0.497 e. The van der Waals surface area contributed by atoms with Gasteiger partial charge in [0.15, 0.2) is 0 Å². The van der Waals surface area contributed by atoms with Crippen molar-refractivity contribution >= 4 is 0 Å². The topological polar surface area (TPSA) is 69.4 Å². The SMILES string of the molecule is COc1ccc([C@H](C)O)c(OCc2cn(C)nn2)c1. The first-order valence-corrected chi connectivity index (χ1v) is 5.94. The first-order chi connectivity index (χ1) is 9.10. The van der Waals surface area contributed by atoms with Gasteiger partial charge in [-0.1, -0.05) is 5.21 Å². The Hall–Kier alpha value is -2.08. The van der Waals surface area contributed by atoms with E-state index in [1.165, 1.54) is 0 Å². The van der Waals surface area contributed by atoms with Gasteiger partial charge in [0, 0.05) is 18.7 Å². The molecule has 0 saturated carbocycles. The smallest absolute Gasteiger partial charge is 0.134 e. The van der Waals surface area contributed by atoms with Crippen LogP contribution in [0.25, 0.3) is 0 Å². The Labute approximate surface area is 111 Å². The number of rotatable bonds is 5. The van der Waals surface area contributed by atoms with Crippen molar-refractivity contribution in [2.75, 3.05) is 7.11 Å². The quantitative estimate of drug-likeness (QED) is 0.884. The predicted octanol–water partition coefficient (Wildman–Crippen LogP) is 1.46. The average Bonchev–Trinajstić information content (AvgIpc) is 2.81. The van der Waals surface area contributed by atoms with Crippen LogP contribution in [0.3, 0.4) is 0 Å². The third kappa shape index (κ3) is 3.23. The van der Waals surface area contributed by atoms with Crippen LogP contribution in [0.4, 0.5) is 0 Å². The summed E-state index contributed by atoms with van der Waals surface area (Å²) in [5.41, 5.74) is 1.44. The summed E-state index contributed by atoms with van der Waals surface area (Å²) in [5, 5.41) is 17.5. The molecule has 2 aromatic rings. The summed E-state index contributed by atoms with van der Waals surface area (Å²) in [6.45, 7) is 1.98. The minimum Gasteiger partial charge on any atom is -0.497 e. The maximum atomic E-state index is 9.72. The summed E-state index contributed by atoms with van der Waals surface area (Å²) in [4.78, 5) is 0. The molecule has 0 radical (unpaired) electrons. The van der Waals surface area contributed by atoms with E-state index in [-0.39, 0.29) is 0 Å². The number of ether oxygens (including phenoxy) is 2. The predicted molar refractivity (Wildman–Crippen MR) is 69.0 cm³/mol. The van der Waals surface area contributed by atoms with Gasteiger partial charge < -0.3 is 14.6 Å². The highest BCUT2D eigenvalue weighted by Crippen LogP contribution is 2.29. The normalized spacial score (nSPS) is 12.2. The summed E-state index contributed by atoms with van der Waals surface area (Å²) < 4.78 is 12.4. The number of benzene rings is 1. The van der Waals surface area contributed by atoms with Gasteiger partial charge in [-0.2, -0.15) is 0 Å². The fourth-order valence-corrected chi connectivity index (χ4v) is 1.72. The molecule has 0 amide bonds. The third-order valence-electron chi connectivity index (χ3n) is 2.70. The molecule has 6 nitrogen and oxygen atoms in total. The van der Waals surface area contributed by atoms with Gasteiger partial charge in [0.2, 0.25) is 0 Å². The molecule has 0 aliphatic heterocycles. The molecular formula is C13H17N3O3. The second-order valence-corrected chi connectivity index (χ2v) is 4.25. The van der Waals surface area contributed by atoms with Crippen molar-refractivity contribution in [2.45, 2.75) is 19.6 Å². The molecule has 1 aromatic heterocycles. The second kappa shape index (κ2) is 5.71. The number of aromatic nitrogens is 3. The highest BCUT2D eigenvalue weighted by Gasteiger charge is 2.11. The lowest BCUT2D eigenvalue weighted by Gasteiger charge is -2.14. The van der Waals surface area contributed by atoms with E-state index in [1.807, 2.05) is 0 Å². The Morgan fingerprint density at radius 2 is 2.21 bits per heavy atom. The molecule has 1 aromatic carbocycles. The molecule has 6 heteroatoms. The van der Waals surface area contributed by atoms with Crippen molar-refractivity contribution in [2.24, 2.45) is 7.05 Å². The van der Waals surface area contributed by atoms with E-state index in [2.05, 4.69) is 10.3 Å². The first kappa shape index (κ1) is 13.4. The summed E-state index contributed by atoms with van der Waals surface area (Å²) in [5.74, 6) is 1.26. The van der Waals surface area contributed by atoms with Crippen LogP contribution in [0.2, 0.25) is 0 Å². The Balaban J connectivity index is 2.17. The molecule has 0 aliphatic rings.